The second-order valence-electron chi connectivity index (χ2n) is 7.63. The summed E-state index contributed by atoms with van der Waals surface area (Å²) in [5, 5.41) is 24.3. The largest absolute Gasteiger partial charge is 0.508 e. The highest BCUT2D eigenvalue weighted by atomic mass is 16.5. The van der Waals surface area contributed by atoms with E-state index in [1.165, 1.54) is 0 Å². The van der Waals surface area contributed by atoms with Crippen molar-refractivity contribution < 1.29 is 19.4 Å². The molecule has 158 valence electrons. The summed E-state index contributed by atoms with van der Waals surface area (Å²) in [4.78, 5) is 26.9. The molecule has 2 rings (SSSR count). The third-order valence-electron chi connectivity index (χ3n) is 4.75. The van der Waals surface area contributed by atoms with Crippen LogP contribution in [0.3, 0.4) is 0 Å². The molecule has 0 spiro atoms. The molecule has 3 N–H and O–H groups in total. The van der Waals surface area contributed by atoms with Crippen molar-refractivity contribution in [1.29, 1.82) is 5.26 Å². The summed E-state index contributed by atoms with van der Waals surface area (Å²) in [5.41, 5.74) is 0.969. The van der Waals surface area contributed by atoms with E-state index in [0.29, 0.717) is 45.6 Å². The Labute approximate surface area is 171 Å². The number of amides is 3. The molecule has 1 heterocycles. The normalized spacial score (nSPS) is 16.0. The number of aromatic hydroxyl groups is 1. The number of carbonyl (C=O) groups is 2. The first-order valence-corrected chi connectivity index (χ1v) is 10.00. The molecule has 3 amide bonds. The third-order valence-corrected chi connectivity index (χ3v) is 4.75. The minimum atomic E-state index is -0.699. The summed E-state index contributed by atoms with van der Waals surface area (Å²) in [5.74, 6) is 0.0391. The molecule has 8 nitrogen and oxygen atoms in total. The Morgan fingerprint density at radius 1 is 1.21 bits per heavy atom. The lowest BCUT2D eigenvalue weighted by Crippen LogP contribution is -2.55. The van der Waals surface area contributed by atoms with Crippen LogP contribution in [0.2, 0.25) is 0 Å². The Hall–Kier alpha value is -2.79. The predicted octanol–water partition coefficient (Wildman–Crippen LogP) is 1.79. The van der Waals surface area contributed by atoms with Gasteiger partial charge in [0.25, 0.3) is 0 Å². The molecule has 0 aromatic heterocycles. The van der Waals surface area contributed by atoms with Gasteiger partial charge in [0, 0.05) is 13.1 Å². The van der Waals surface area contributed by atoms with Gasteiger partial charge in [0.2, 0.25) is 5.91 Å². The van der Waals surface area contributed by atoms with Gasteiger partial charge in [-0.1, -0.05) is 26.0 Å². The average molecular weight is 402 g/mol. The highest BCUT2D eigenvalue weighted by Gasteiger charge is 2.27. The van der Waals surface area contributed by atoms with Crippen LogP contribution < -0.4 is 10.6 Å². The van der Waals surface area contributed by atoms with Gasteiger partial charge in [-0.2, -0.15) is 5.26 Å². The summed E-state index contributed by atoms with van der Waals surface area (Å²) in [6.07, 6.45) is 1.52. The number of nitrogens with zero attached hydrogens (tertiary/aromatic N) is 2. The number of phenols is 1. The molecule has 0 aliphatic carbocycles. The van der Waals surface area contributed by atoms with E-state index in [1.54, 1.807) is 29.2 Å². The zero-order chi connectivity index (χ0) is 21.2. The fraction of sp³-hybridized carbons (Fsp3) is 0.571. The van der Waals surface area contributed by atoms with Crippen LogP contribution in [-0.4, -0.2) is 60.3 Å². The van der Waals surface area contributed by atoms with Crippen LogP contribution in [0.4, 0.5) is 4.79 Å². The molecule has 0 radical (unpaired) electrons. The molecule has 1 fully saturated rings. The number of morpholine rings is 1. The smallest absolute Gasteiger partial charge is 0.318 e. The molecule has 29 heavy (non-hydrogen) atoms. The van der Waals surface area contributed by atoms with Gasteiger partial charge in [-0.25, -0.2) is 4.79 Å². The van der Waals surface area contributed by atoms with Crippen molar-refractivity contribution in [3.63, 3.8) is 0 Å². The van der Waals surface area contributed by atoms with E-state index < -0.39 is 12.1 Å². The quantitative estimate of drug-likeness (QED) is 0.613. The number of rotatable bonds is 8. The van der Waals surface area contributed by atoms with Crippen molar-refractivity contribution in [2.75, 3.05) is 26.3 Å². The Bertz CT molecular complexity index is 708. The lowest BCUT2D eigenvalue weighted by Gasteiger charge is -2.29. The zero-order valence-electron chi connectivity index (χ0n) is 17.1. The van der Waals surface area contributed by atoms with Crippen LogP contribution in [-0.2, 0) is 16.0 Å². The van der Waals surface area contributed by atoms with Crippen LogP contribution in [0.1, 0.15) is 32.3 Å². The first kappa shape index (κ1) is 22.5. The zero-order valence-corrected chi connectivity index (χ0v) is 17.1. The molecule has 2 atom stereocenters. The number of carbonyl (C=O) groups excluding carboxylic acids is 2. The fourth-order valence-corrected chi connectivity index (χ4v) is 3.12. The van der Waals surface area contributed by atoms with E-state index in [2.05, 4.69) is 16.7 Å². The van der Waals surface area contributed by atoms with E-state index in [4.69, 9.17) is 4.74 Å². The summed E-state index contributed by atoms with van der Waals surface area (Å²) in [6.45, 7) is 5.93. The molecule has 0 bridgehead atoms. The molecular formula is C21H30N4O4. The highest BCUT2D eigenvalue weighted by Crippen LogP contribution is 2.12. The molecule has 0 saturated carbocycles. The number of nitrogens with one attached hydrogen (secondary N) is 2. The van der Waals surface area contributed by atoms with Crippen molar-refractivity contribution >= 4 is 11.9 Å². The standard InChI is InChI=1S/C21H30N4O4/c1-15(2)13-19(24-21(28)25-9-11-29-12-10-25)20(27)23-17(14-22)6-3-16-4-7-18(26)8-5-16/h4-5,7-8,15,17,19,26H,3,6,9-13H2,1-2H3,(H,23,27)(H,24,28)/t17-,19-/m0/s1. The topological polar surface area (TPSA) is 115 Å². The van der Waals surface area contributed by atoms with Crippen molar-refractivity contribution in [3.8, 4) is 11.8 Å². The molecule has 8 heteroatoms. The van der Waals surface area contributed by atoms with Gasteiger partial charge in [0.05, 0.1) is 19.3 Å². The molecule has 1 aliphatic rings. The second kappa shape index (κ2) is 11.3. The van der Waals surface area contributed by atoms with Crippen LogP contribution in [0.25, 0.3) is 0 Å². The molecule has 1 aromatic rings. The number of nitriles is 1. The summed E-state index contributed by atoms with van der Waals surface area (Å²) >= 11 is 0. The monoisotopic (exact) mass is 402 g/mol. The van der Waals surface area contributed by atoms with E-state index in [1.807, 2.05) is 13.8 Å². The molecular weight excluding hydrogens is 372 g/mol. The number of benzene rings is 1. The Morgan fingerprint density at radius 2 is 1.86 bits per heavy atom. The molecule has 0 unspecified atom stereocenters. The maximum Gasteiger partial charge on any atom is 0.318 e. The van der Waals surface area contributed by atoms with Crippen LogP contribution >= 0.6 is 0 Å². The predicted molar refractivity (Wildman–Crippen MR) is 108 cm³/mol. The van der Waals surface area contributed by atoms with Gasteiger partial charge in [-0.15, -0.1) is 0 Å². The molecule has 1 aliphatic heterocycles. The van der Waals surface area contributed by atoms with Gasteiger partial charge in [0.1, 0.15) is 17.8 Å². The van der Waals surface area contributed by atoms with Crippen molar-refractivity contribution in [2.45, 2.75) is 45.2 Å². The number of ether oxygens (including phenoxy) is 1. The number of aryl methyl sites for hydroxylation is 1. The van der Waals surface area contributed by atoms with E-state index in [9.17, 15) is 20.0 Å². The van der Waals surface area contributed by atoms with Gasteiger partial charge in [-0.05, 0) is 42.9 Å². The van der Waals surface area contributed by atoms with Gasteiger partial charge >= 0.3 is 6.03 Å². The number of hydrogen-bond donors (Lipinski definition) is 3. The van der Waals surface area contributed by atoms with E-state index in [0.717, 1.165) is 5.56 Å². The van der Waals surface area contributed by atoms with Gasteiger partial charge in [0.15, 0.2) is 0 Å². The summed E-state index contributed by atoms with van der Waals surface area (Å²) in [6, 6.07) is 7.23. The Morgan fingerprint density at radius 3 is 2.45 bits per heavy atom. The van der Waals surface area contributed by atoms with E-state index >= 15 is 0 Å². The van der Waals surface area contributed by atoms with Crippen LogP contribution in [0.5, 0.6) is 5.75 Å². The van der Waals surface area contributed by atoms with E-state index in [-0.39, 0.29) is 23.6 Å². The minimum Gasteiger partial charge on any atom is -0.508 e. The molecule has 1 saturated heterocycles. The minimum absolute atomic E-state index is 0.187. The van der Waals surface area contributed by atoms with Crippen LogP contribution in [0.15, 0.2) is 24.3 Å². The fourth-order valence-electron chi connectivity index (χ4n) is 3.12. The Balaban J connectivity index is 1.92. The highest BCUT2D eigenvalue weighted by molar-refractivity contribution is 5.87. The lowest BCUT2D eigenvalue weighted by molar-refractivity contribution is -0.123. The maximum atomic E-state index is 12.8. The SMILES string of the molecule is CC(C)C[C@H](NC(=O)N1CCOCC1)C(=O)N[C@H](C#N)CCc1ccc(O)cc1. The van der Waals surface area contributed by atoms with Crippen molar-refractivity contribution in [1.82, 2.24) is 15.5 Å². The lowest BCUT2D eigenvalue weighted by atomic mass is 10.0. The molecule has 1 aromatic carbocycles. The number of phenolic OH excluding ortho intramolecular Hbond substituents is 1. The summed E-state index contributed by atoms with van der Waals surface area (Å²) in [7, 11) is 0. The van der Waals surface area contributed by atoms with Gasteiger partial charge in [-0.3, -0.25) is 4.79 Å². The maximum absolute atomic E-state index is 12.8. The second-order valence-corrected chi connectivity index (χ2v) is 7.63. The van der Waals surface area contributed by atoms with Gasteiger partial charge < -0.3 is 25.4 Å². The average Bonchev–Trinajstić information content (AvgIpc) is 2.71. The Kier molecular flexibility index (Phi) is 8.74. The first-order valence-electron chi connectivity index (χ1n) is 10.00. The third kappa shape index (κ3) is 7.62. The summed E-state index contributed by atoms with van der Waals surface area (Å²) < 4.78 is 5.25. The number of hydrogen-bond acceptors (Lipinski definition) is 5. The van der Waals surface area contributed by atoms with Crippen molar-refractivity contribution in [3.05, 3.63) is 29.8 Å². The number of urea groups is 1. The first-order chi connectivity index (χ1) is 13.9. The van der Waals surface area contributed by atoms with Crippen LogP contribution in [0, 0.1) is 17.2 Å². The van der Waals surface area contributed by atoms with Crippen molar-refractivity contribution in [2.24, 2.45) is 5.92 Å².